The summed E-state index contributed by atoms with van der Waals surface area (Å²) in [5, 5.41) is 8.75. The molecule has 0 spiro atoms. The van der Waals surface area contributed by atoms with Crippen LogP contribution >= 0.6 is 0 Å². The fourth-order valence-corrected chi connectivity index (χ4v) is 3.31. The van der Waals surface area contributed by atoms with E-state index < -0.39 is 10.0 Å². The van der Waals surface area contributed by atoms with Gasteiger partial charge in [0.2, 0.25) is 10.0 Å². The Morgan fingerprint density at radius 1 is 1.42 bits per heavy atom. The maximum Gasteiger partial charge on any atom is 0.244 e. The van der Waals surface area contributed by atoms with Gasteiger partial charge in [0, 0.05) is 12.6 Å². The molecule has 1 aromatic carbocycles. The molecule has 0 fully saturated rings. The van der Waals surface area contributed by atoms with Gasteiger partial charge in [-0.2, -0.15) is 0 Å². The van der Waals surface area contributed by atoms with Crippen LogP contribution in [0.1, 0.15) is 25.3 Å². The summed E-state index contributed by atoms with van der Waals surface area (Å²) in [4.78, 5) is 0.144. The normalized spacial score (nSPS) is 13.3. The van der Waals surface area contributed by atoms with Gasteiger partial charge in [0.05, 0.1) is 7.11 Å². The molecule has 6 heteroatoms. The van der Waals surface area contributed by atoms with Crippen molar-refractivity contribution in [2.45, 2.75) is 37.6 Å². The molecule has 2 N–H and O–H groups in total. The summed E-state index contributed by atoms with van der Waals surface area (Å²) in [6.07, 6.45) is 1.15. The van der Waals surface area contributed by atoms with Crippen molar-refractivity contribution in [1.82, 2.24) is 4.72 Å². The van der Waals surface area contributed by atoms with Crippen LogP contribution in [0, 0.1) is 6.92 Å². The van der Waals surface area contributed by atoms with Gasteiger partial charge in [-0.25, -0.2) is 13.1 Å². The van der Waals surface area contributed by atoms with Crippen molar-refractivity contribution < 1.29 is 18.3 Å². The minimum absolute atomic E-state index is 0.0554. The Labute approximate surface area is 114 Å². The minimum atomic E-state index is -3.61. The summed E-state index contributed by atoms with van der Waals surface area (Å²) >= 11 is 0. The van der Waals surface area contributed by atoms with Gasteiger partial charge in [-0.05, 0) is 44.4 Å². The minimum Gasteiger partial charge on any atom is -0.495 e. The van der Waals surface area contributed by atoms with Crippen molar-refractivity contribution in [3.05, 3.63) is 23.8 Å². The predicted molar refractivity (Wildman–Crippen MR) is 73.8 cm³/mol. The van der Waals surface area contributed by atoms with Crippen molar-refractivity contribution in [2.75, 3.05) is 13.7 Å². The summed E-state index contributed by atoms with van der Waals surface area (Å²) < 4.78 is 32.2. The molecular formula is C13H21NO4S. The van der Waals surface area contributed by atoms with Gasteiger partial charge in [0.25, 0.3) is 0 Å². The van der Waals surface area contributed by atoms with E-state index in [0.717, 1.165) is 5.56 Å². The highest BCUT2D eigenvalue weighted by Crippen LogP contribution is 2.24. The Morgan fingerprint density at radius 3 is 2.68 bits per heavy atom. The Hall–Kier alpha value is -1.11. The van der Waals surface area contributed by atoms with Crippen LogP contribution in [0.4, 0.5) is 0 Å². The molecule has 1 aromatic rings. The number of aliphatic hydroxyl groups excluding tert-OH is 1. The lowest BCUT2D eigenvalue weighted by Crippen LogP contribution is -2.33. The Kier molecular flexibility index (Phi) is 5.78. The van der Waals surface area contributed by atoms with E-state index in [9.17, 15) is 8.42 Å². The van der Waals surface area contributed by atoms with Crippen LogP contribution in [0.25, 0.3) is 0 Å². The molecule has 1 atom stereocenters. The maximum atomic E-state index is 12.3. The molecule has 0 aromatic heterocycles. The number of rotatable bonds is 7. The summed E-state index contributed by atoms with van der Waals surface area (Å²) in [7, 11) is -2.17. The van der Waals surface area contributed by atoms with E-state index in [0.29, 0.717) is 18.6 Å². The molecule has 0 saturated carbocycles. The molecule has 1 rings (SSSR count). The topological polar surface area (TPSA) is 75.6 Å². The zero-order valence-corrected chi connectivity index (χ0v) is 12.3. The average Bonchev–Trinajstić information content (AvgIpc) is 2.35. The monoisotopic (exact) mass is 287 g/mol. The van der Waals surface area contributed by atoms with Crippen LogP contribution in [-0.4, -0.2) is 33.3 Å². The number of methoxy groups -OCH3 is 1. The number of hydrogen-bond acceptors (Lipinski definition) is 4. The summed E-state index contributed by atoms with van der Waals surface area (Å²) in [5.41, 5.74) is 0.851. The molecule has 0 aliphatic heterocycles. The number of aryl methyl sites for hydroxylation is 1. The molecule has 0 saturated heterocycles. The van der Waals surface area contributed by atoms with Crippen molar-refractivity contribution in [3.63, 3.8) is 0 Å². The Bertz CT molecular complexity index is 513. The van der Waals surface area contributed by atoms with Crippen LogP contribution in [0.3, 0.4) is 0 Å². The van der Waals surface area contributed by atoms with Crippen LogP contribution in [0.5, 0.6) is 5.75 Å². The Morgan fingerprint density at radius 2 is 2.11 bits per heavy atom. The zero-order chi connectivity index (χ0) is 14.5. The lowest BCUT2D eigenvalue weighted by Gasteiger charge is -2.16. The van der Waals surface area contributed by atoms with E-state index >= 15 is 0 Å². The first-order valence-electron chi connectivity index (χ1n) is 6.18. The van der Waals surface area contributed by atoms with Gasteiger partial charge in [-0.1, -0.05) is 6.07 Å². The van der Waals surface area contributed by atoms with Gasteiger partial charge in [0.15, 0.2) is 0 Å². The highest BCUT2D eigenvalue weighted by atomic mass is 32.2. The number of nitrogens with one attached hydrogen (secondary N) is 1. The predicted octanol–water partition coefficient (Wildman–Crippen LogP) is 1.44. The second-order valence-corrected chi connectivity index (χ2v) is 6.22. The van der Waals surface area contributed by atoms with Crippen LogP contribution in [-0.2, 0) is 10.0 Å². The fourth-order valence-electron chi connectivity index (χ4n) is 1.78. The molecule has 0 radical (unpaired) electrons. The van der Waals surface area contributed by atoms with Gasteiger partial charge in [-0.3, -0.25) is 0 Å². The first-order chi connectivity index (χ1) is 8.90. The standard InChI is InChI=1S/C13H21NO4S/c1-10-6-7-12(18-3)13(9-10)19(16,17)14-11(2)5-4-8-15/h6-7,9,11,14-15H,4-5,8H2,1-3H3. The second-order valence-electron chi connectivity index (χ2n) is 4.54. The van der Waals surface area contributed by atoms with Crippen LogP contribution < -0.4 is 9.46 Å². The highest BCUT2D eigenvalue weighted by molar-refractivity contribution is 7.89. The van der Waals surface area contributed by atoms with Crippen LogP contribution in [0.2, 0.25) is 0 Å². The van der Waals surface area contributed by atoms with E-state index in [2.05, 4.69) is 4.72 Å². The molecular weight excluding hydrogens is 266 g/mol. The number of benzene rings is 1. The third-order valence-corrected chi connectivity index (χ3v) is 4.37. The molecule has 0 bridgehead atoms. The molecule has 19 heavy (non-hydrogen) atoms. The molecule has 0 aliphatic carbocycles. The lowest BCUT2D eigenvalue weighted by atomic mass is 10.2. The van der Waals surface area contributed by atoms with E-state index in [4.69, 9.17) is 9.84 Å². The molecule has 0 amide bonds. The van der Waals surface area contributed by atoms with Crippen molar-refractivity contribution in [1.29, 1.82) is 0 Å². The lowest BCUT2D eigenvalue weighted by molar-refractivity contribution is 0.279. The summed E-state index contributed by atoms with van der Waals surface area (Å²) in [6, 6.07) is 4.79. The third-order valence-electron chi connectivity index (χ3n) is 2.76. The van der Waals surface area contributed by atoms with Crippen molar-refractivity contribution >= 4 is 10.0 Å². The molecule has 1 unspecified atom stereocenters. The van der Waals surface area contributed by atoms with Gasteiger partial charge >= 0.3 is 0 Å². The highest BCUT2D eigenvalue weighted by Gasteiger charge is 2.21. The number of sulfonamides is 1. The summed E-state index contributed by atoms with van der Waals surface area (Å²) in [6.45, 7) is 3.66. The zero-order valence-electron chi connectivity index (χ0n) is 11.5. The average molecular weight is 287 g/mol. The van der Waals surface area contributed by atoms with E-state index in [-0.39, 0.29) is 17.5 Å². The van der Waals surface area contributed by atoms with Crippen LogP contribution in [0.15, 0.2) is 23.1 Å². The Balaban J connectivity index is 2.96. The molecule has 0 heterocycles. The summed E-state index contributed by atoms with van der Waals surface area (Å²) in [5.74, 6) is 0.326. The maximum absolute atomic E-state index is 12.3. The fraction of sp³-hybridized carbons (Fsp3) is 0.538. The second kappa shape index (κ2) is 6.88. The molecule has 108 valence electrons. The van der Waals surface area contributed by atoms with Crippen molar-refractivity contribution in [3.8, 4) is 5.75 Å². The van der Waals surface area contributed by atoms with Crippen molar-refractivity contribution in [2.24, 2.45) is 0 Å². The number of aliphatic hydroxyl groups is 1. The number of hydrogen-bond donors (Lipinski definition) is 2. The van der Waals surface area contributed by atoms with Gasteiger partial charge in [-0.15, -0.1) is 0 Å². The van der Waals surface area contributed by atoms with Gasteiger partial charge < -0.3 is 9.84 Å². The quantitative estimate of drug-likeness (QED) is 0.795. The molecule has 5 nitrogen and oxygen atoms in total. The van der Waals surface area contributed by atoms with Gasteiger partial charge in [0.1, 0.15) is 10.6 Å². The number of ether oxygens (including phenoxy) is 1. The van der Waals surface area contributed by atoms with E-state index in [1.165, 1.54) is 7.11 Å². The SMILES string of the molecule is COc1ccc(C)cc1S(=O)(=O)NC(C)CCCO. The molecule has 0 aliphatic rings. The largest absolute Gasteiger partial charge is 0.495 e. The first kappa shape index (κ1) is 15.9. The smallest absolute Gasteiger partial charge is 0.244 e. The van der Waals surface area contributed by atoms with E-state index in [1.54, 1.807) is 25.1 Å². The third kappa shape index (κ3) is 4.49. The first-order valence-corrected chi connectivity index (χ1v) is 7.67. The van der Waals surface area contributed by atoms with E-state index in [1.807, 2.05) is 6.92 Å².